The van der Waals surface area contributed by atoms with E-state index in [9.17, 15) is 9.59 Å². The van der Waals surface area contributed by atoms with Crippen molar-refractivity contribution in [1.82, 2.24) is 0 Å². The summed E-state index contributed by atoms with van der Waals surface area (Å²) < 4.78 is 0. The molecule has 0 aromatic rings. The monoisotopic (exact) mass is 250 g/mol. The lowest BCUT2D eigenvalue weighted by Crippen LogP contribution is -2.31. The second kappa shape index (κ2) is 6.02. The van der Waals surface area contributed by atoms with Crippen LogP contribution in [0.15, 0.2) is 0 Å². The van der Waals surface area contributed by atoms with E-state index in [1.54, 1.807) is 0 Å². The zero-order valence-electron chi connectivity index (χ0n) is 9.74. The minimum Gasteiger partial charge on any atom is -0.481 e. The quantitative estimate of drug-likeness (QED) is 0.760. The molecular weight excluding hydrogens is 236 g/mol. The third-order valence-electron chi connectivity index (χ3n) is 3.51. The Balaban J connectivity index is 0.000000180. The van der Waals surface area contributed by atoms with Gasteiger partial charge >= 0.3 is 11.9 Å². The molecule has 2 aliphatic rings. The Hall–Kier alpha value is -2.08. The normalized spacial score (nSPS) is 32.3. The van der Waals surface area contributed by atoms with Crippen LogP contribution in [0.2, 0.25) is 0 Å². The van der Waals surface area contributed by atoms with Crippen molar-refractivity contribution < 1.29 is 19.8 Å². The maximum atomic E-state index is 10.2. The van der Waals surface area contributed by atoms with Crippen LogP contribution in [-0.2, 0) is 9.59 Å². The second-order valence-corrected chi connectivity index (χ2v) is 4.52. The van der Waals surface area contributed by atoms with E-state index in [1.807, 2.05) is 12.1 Å². The molecule has 0 saturated heterocycles. The van der Waals surface area contributed by atoms with Crippen LogP contribution in [0.3, 0.4) is 0 Å². The predicted octanol–water partition coefficient (Wildman–Crippen LogP) is 1.24. The molecule has 0 spiro atoms. The SMILES string of the molecule is N#C[C@@H]1CC[C@@H]1C(=O)O.N#C[C@H]1CC[C@H]1C(=O)O. The van der Waals surface area contributed by atoms with Gasteiger partial charge in [0.2, 0.25) is 0 Å². The summed E-state index contributed by atoms with van der Waals surface area (Å²) in [6.45, 7) is 0. The maximum absolute atomic E-state index is 10.2. The van der Waals surface area contributed by atoms with E-state index < -0.39 is 11.9 Å². The van der Waals surface area contributed by atoms with Gasteiger partial charge in [-0.15, -0.1) is 0 Å². The number of nitrogens with zero attached hydrogens (tertiary/aromatic N) is 2. The van der Waals surface area contributed by atoms with E-state index in [0.717, 1.165) is 12.8 Å². The lowest BCUT2D eigenvalue weighted by molar-refractivity contribution is -0.147. The first kappa shape index (κ1) is 14.0. The summed E-state index contributed by atoms with van der Waals surface area (Å²) in [6, 6.07) is 3.90. The topological polar surface area (TPSA) is 122 Å². The number of rotatable bonds is 2. The van der Waals surface area contributed by atoms with E-state index in [0.29, 0.717) is 12.8 Å². The van der Waals surface area contributed by atoms with Crippen molar-refractivity contribution in [2.45, 2.75) is 25.7 Å². The van der Waals surface area contributed by atoms with Gasteiger partial charge in [0.25, 0.3) is 0 Å². The molecule has 4 atom stereocenters. The number of hydrogen-bond donors (Lipinski definition) is 2. The van der Waals surface area contributed by atoms with Gasteiger partial charge in [-0.3, -0.25) is 9.59 Å². The Kier molecular flexibility index (Phi) is 4.67. The van der Waals surface area contributed by atoms with Crippen LogP contribution in [-0.4, -0.2) is 22.2 Å². The smallest absolute Gasteiger partial charge is 0.307 e. The lowest BCUT2D eigenvalue weighted by Gasteiger charge is -2.26. The highest BCUT2D eigenvalue weighted by Crippen LogP contribution is 2.33. The molecule has 2 rings (SSSR count). The molecule has 0 amide bonds. The average Bonchev–Trinajstić information content (AvgIpc) is 2.14. The van der Waals surface area contributed by atoms with E-state index in [2.05, 4.69) is 0 Å². The predicted molar refractivity (Wildman–Crippen MR) is 58.9 cm³/mol. The van der Waals surface area contributed by atoms with Gasteiger partial charge in [-0.25, -0.2) is 0 Å². The first-order valence-electron chi connectivity index (χ1n) is 5.76. The summed E-state index contributed by atoms with van der Waals surface area (Å²) in [4.78, 5) is 20.4. The van der Waals surface area contributed by atoms with Crippen molar-refractivity contribution in [3.63, 3.8) is 0 Å². The molecule has 0 radical (unpaired) electrons. The molecular formula is C12H14N2O4. The fourth-order valence-electron chi connectivity index (χ4n) is 1.90. The highest BCUT2D eigenvalue weighted by molar-refractivity contribution is 5.72. The molecule has 0 heterocycles. The van der Waals surface area contributed by atoms with E-state index >= 15 is 0 Å². The molecule has 0 unspecified atom stereocenters. The van der Waals surface area contributed by atoms with Crippen molar-refractivity contribution >= 4 is 11.9 Å². The number of carboxylic acid groups (broad SMARTS) is 2. The van der Waals surface area contributed by atoms with Crippen LogP contribution in [0.4, 0.5) is 0 Å². The summed E-state index contributed by atoms with van der Waals surface area (Å²) in [5.41, 5.74) is 0. The molecule has 6 nitrogen and oxygen atoms in total. The van der Waals surface area contributed by atoms with E-state index in [-0.39, 0.29) is 23.7 Å². The molecule has 0 aromatic carbocycles. The van der Waals surface area contributed by atoms with Crippen molar-refractivity contribution in [3.05, 3.63) is 0 Å². The molecule has 2 fully saturated rings. The molecule has 0 aromatic heterocycles. The summed E-state index contributed by atoms with van der Waals surface area (Å²) >= 11 is 0. The minimum absolute atomic E-state index is 0.220. The molecule has 0 bridgehead atoms. The van der Waals surface area contributed by atoms with Crippen LogP contribution in [0.1, 0.15) is 25.7 Å². The average molecular weight is 250 g/mol. The van der Waals surface area contributed by atoms with Crippen LogP contribution < -0.4 is 0 Å². The van der Waals surface area contributed by atoms with Gasteiger partial charge in [-0.2, -0.15) is 10.5 Å². The maximum Gasteiger partial charge on any atom is 0.307 e. The van der Waals surface area contributed by atoms with Gasteiger partial charge in [-0.05, 0) is 25.7 Å². The fraction of sp³-hybridized carbons (Fsp3) is 0.667. The molecule has 0 aliphatic heterocycles. The van der Waals surface area contributed by atoms with Crippen molar-refractivity contribution in [1.29, 1.82) is 10.5 Å². The molecule has 2 saturated carbocycles. The number of nitriles is 2. The zero-order chi connectivity index (χ0) is 13.7. The summed E-state index contributed by atoms with van der Waals surface area (Å²) in [7, 11) is 0. The van der Waals surface area contributed by atoms with Crippen molar-refractivity contribution in [3.8, 4) is 12.1 Å². The molecule has 18 heavy (non-hydrogen) atoms. The fourth-order valence-corrected chi connectivity index (χ4v) is 1.90. The Morgan fingerprint density at radius 1 is 0.833 bits per heavy atom. The van der Waals surface area contributed by atoms with Crippen molar-refractivity contribution in [2.75, 3.05) is 0 Å². The van der Waals surface area contributed by atoms with Gasteiger partial charge < -0.3 is 10.2 Å². The van der Waals surface area contributed by atoms with Crippen LogP contribution >= 0.6 is 0 Å². The van der Waals surface area contributed by atoms with Gasteiger partial charge in [0, 0.05) is 0 Å². The number of carbonyl (C=O) groups is 2. The standard InChI is InChI=1S/2C6H7NO2/c2*7-3-4-1-2-5(4)6(8)9/h2*4-5H,1-2H2,(H,8,9)/t2*4-,5-/m10/s1. The summed E-state index contributed by atoms with van der Waals surface area (Å²) in [5, 5.41) is 33.4. The number of hydrogen-bond acceptors (Lipinski definition) is 4. The molecule has 6 heteroatoms. The Bertz CT molecular complexity index is 381. The second-order valence-electron chi connectivity index (χ2n) is 4.52. The van der Waals surface area contributed by atoms with Gasteiger partial charge in [-0.1, -0.05) is 0 Å². The van der Waals surface area contributed by atoms with E-state index in [1.165, 1.54) is 0 Å². The van der Waals surface area contributed by atoms with Gasteiger partial charge in [0.05, 0.1) is 35.8 Å². The molecule has 2 N–H and O–H groups in total. The number of aliphatic carboxylic acids is 2. The lowest BCUT2D eigenvalue weighted by atomic mass is 9.75. The largest absolute Gasteiger partial charge is 0.481 e. The highest BCUT2D eigenvalue weighted by Gasteiger charge is 2.36. The Morgan fingerprint density at radius 3 is 1.22 bits per heavy atom. The first-order valence-corrected chi connectivity index (χ1v) is 5.76. The zero-order valence-corrected chi connectivity index (χ0v) is 9.74. The summed E-state index contributed by atoms with van der Waals surface area (Å²) in [6.07, 6.45) is 2.86. The van der Waals surface area contributed by atoms with Crippen molar-refractivity contribution in [2.24, 2.45) is 23.7 Å². The van der Waals surface area contributed by atoms with Crippen LogP contribution in [0.25, 0.3) is 0 Å². The van der Waals surface area contributed by atoms with E-state index in [4.69, 9.17) is 20.7 Å². The Labute approximate surface area is 104 Å². The van der Waals surface area contributed by atoms with Gasteiger partial charge in [0.15, 0.2) is 0 Å². The molecule has 2 aliphatic carbocycles. The highest BCUT2D eigenvalue weighted by atomic mass is 16.4. The minimum atomic E-state index is -0.826. The molecule has 96 valence electrons. The van der Waals surface area contributed by atoms with Gasteiger partial charge in [0.1, 0.15) is 0 Å². The summed E-state index contributed by atoms with van der Waals surface area (Å²) in [5.74, 6) is -2.85. The third kappa shape index (κ3) is 2.98. The first-order chi connectivity index (χ1) is 8.51. The van der Waals surface area contributed by atoms with Crippen LogP contribution in [0, 0.1) is 46.3 Å². The Morgan fingerprint density at radius 2 is 1.17 bits per heavy atom. The number of carboxylic acids is 2. The van der Waals surface area contributed by atoms with Crippen LogP contribution in [0.5, 0.6) is 0 Å². The third-order valence-corrected chi connectivity index (χ3v) is 3.51.